The molecular formula is C18H15BrO6. The zero-order chi connectivity index (χ0) is 17.8. The fraction of sp³-hybridized carbons (Fsp3) is 0.222. The second-order valence-corrected chi connectivity index (χ2v) is 6.13. The Morgan fingerprint density at radius 3 is 2.68 bits per heavy atom. The Bertz CT molecular complexity index is 800. The average molecular weight is 407 g/mol. The highest BCUT2D eigenvalue weighted by molar-refractivity contribution is 9.10. The van der Waals surface area contributed by atoms with Crippen molar-refractivity contribution >= 4 is 27.7 Å². The van der Waals surface area contributed by atoms with E-state index >= 15 is 0 Å². The maximum atomic E-state index is 12.3. The molecule has 0 amide bonds. The minimum absolute atomic E-state index is 0.225. The third kappa shape index (κ3) is 3.93. The molecule has 0 N–H and O–H groups in total. The molecule has 7 heteroatoms. The zero-order valence-electron chi connectivity index (χ0n) is 13.4. The van der Waals surface area contributed by atoms with Gasteiger partial charge in [0, 0.05) is 10.0 Å². The summed E-state index contributed by atoms with van der Waals surface area (Å²) in [6, 6.07) is 9.90. The number of Topliss-reactive ketones (excluding diaryl/α,β-unsaturated/α-hetero) is 1. The summed E-state index contributed by atoms with van der Waals surface area (Å²) in [6.45, 7) is 0.441. The largest absolute Gasteiger partial charge is 0.493 e. The molecule has 25 heavy (non-hydrogen) atoms. The van der Waals surface area contributed by atoms with Crippen LogP contribution < -0.4 is 14.2 Å². The van der Waals surface area contributed by atoms with Gasteiger partial charge in [0.1, 0.15) is 13.2 Å². The maximum Gasteiger partial charge on any atom is 0.338 e. The standard InChI is InChI=1S/C18H15BrO6/c1-22-15-8-12(9-16-17(15)24-6-5-23-16)18(21)25-10-14(20)11-3-2-4-13(19)7-11/h2-4,7-9H,5-6,10H2,1H3. The molecule has 0 saturated carbocycles. The highest BCUT2D eigenvalue weighted by Crippen LogP contribution is 2.40. The van der Waals surface area contributed by atoms with Crippen LogP contribution in [0.2, 0.25) is 0 Å². The van der Waals surface area contributed by atoms with Crippen LogP contribution in [-0.2, 0) is 4.74 Å². The molecule has 0 spiro atoms. The lowest BCUT2D eigenvalue weighted by Crippen LogP contribution is -2.18. The van der Waals surface area contributed by atoms with Gasteiger partial charge in [0.2, 0.25) is 5.75 Å². The third-order valence-electron chi connectivity index (χ3n) is 3.54. The number of ether oxygens (including phenoxy) is 4. The van der Waals surface area contributed by atoms with Crippen LogP contribution in [0.15, 0.2) is 40.9 Å². The summed E-state index contributed by atoms with van der Waals surface area (Å²) in [4.78, 5) is 24.4. The van der Waals surface area contributed by atoms with E-state index in [9.17, 15) is 9.59 Å². The second kappa shape index (κ2) is 7.57. The van der Waals surface area contributed by atoms with Gasteiger partial charge in [-0.25, -0.2) is 4.79 Å². The second-order valence-electron chi connectivity index (χ2n) is 5.21. The molecule has 0 fully saturated rings. The number of rotatable bonds is 5. The van der Waals surface area contributed by atoms with E-state index in [0.29, 0.717) is 36.0 Å². The normalized spacial score (nSPS) is 12.4. The number of carbonyl (C=O) groups excluding carboxylic acids is 2. The molecule has 1 heterocycles. The summed E-state index contributed by atoms with van der Waals surface area (Å²) in [5.74, 6) is 0.312. The van der Waals surface area contributed by atoms with Crippen LogP contribution in [0.3, 0.4) is 0 Å². The van der Waals surface area contributed by atoms with E-state index in [2.05, 4.69) is 15.9 Å². The quantitative estimate of drug-likeness (QED) is 0.560. The van der Waals surface area contributed by atoms with E-state index in [0.717, 1.165) is 4.47 Å². The van der Waals surface area contributed by atoms with Gasteiger partial charge >= 0.3 is 5.97 Å². The summed E-state index contributed by atoms with van der Waals surface area (Å²) in [7, 11) is 1.47. The molecule has 3 rings (SSSR count). The zero-order valence-corrected chi connectivity index (χ0v) is 15.0. The molecule has 0 saturated heterocycles. The lowest BCUT2D eigenvalue weighted by molar-refractivity contribution is 0.0473. The highest BCUT2D eigenvalue weighted by atomic mass is 79.9. The van der Waals surface area contributed by atoms with Crippen LogP contribution in [0.5, 0.6) is 17.2 Å². The SMILES string of the molecule is COc1cc(C(=O)OCC(=O)c2cccc(Br)c2)cc2c1OCCO2. The fourth-order valence-electron chi connectivity index (χ4n) is 2.35. The molecule has 1 aliphatic heterocycles. The van der Waals surface area contributed by atoms with E-state index in [1.54, 1.807) is 18.2 Å². The number of esters is 1. The summed E-state index contributed by atoms with van der Waals surface area (Å²) < 4.78 is 22.1. The van der Waals surface area contributed by atoms with Crippen LogP contribution in [0.25, 0.3) is 0 Å². The van der Waals surface area contributed by atoms with Crippen molar-refractivity contribution in [1.29, 1.82) is 0 Å². The van der Waals surface area contributed by atoms with Gasteiger partial charge in [0.25, 0.3) is 0 Å². The van der Waals surface area contributed by atoms with E-state index in [4.69, 9.17) is 18.9 Å². The summed E-state index contributed by atoms with van der Waals surface area (Å²) in [6.07, 6.45) is 0. The minimum Gasteiger partial charge on any atom is -0.493 e. The first-order valence-corrected chi connectivity index (χ1v) is 8.31. The molecule has 0 aromatic heterocycles. The summed E-state index contributed by atoms with van der Waals surface area (Å²) >= 11 is 3.30. The lowest BCUT2D eigenvalue weighted by atomic mass is 10.1. The molecule has 0 atom stereocenters. The van der Waals surface area contributed by atoms with Crippen molar-refractivity contribution in [2.75, 3.05) is 26.9 Å². The van der Waals surface area contributed by atoms with Gasteiger partial charge in [-0.3, -0.25) is 4.79 Å². The van der Waals surface area contributed by atoms with Crippen molar-refractivity contribution in [2.45, 2.75) is 0 Å². The highest BCUT2D eigenvalue weighted by Gasteiger charge is 2.22. The molecule has 130 valence electrons. The van der Waals surface area contributed by atoms with Gasteiger partial charge < -0.3 is 18.9 Å². The van der Waals surface area contributed by atoms with Gasteiger partial charge in [-0.1, -0.05) is 28.1 Å². The fourth-order valence-corrected chi connectivity index (χ4v) is 2.75. The number of halogens is 1. The number of carbonyl (C=O) groups is 2. The van der Waals surface area contributed by atoms with Crippen molar-refractivity contribution in [1.82, 2.24) is 0 Å². The molecular weight excluding hydrogens is 392 g/mol. The van der Waals surface area contributed by atoms with Gasteiger partial charge in [0.05, 0.1) is 12.7 Å². The van der Waals surface area contributed by atoms with E-state index in [1.165, 1.54) is 19.2 Å². The van der Waals surface area contributed by atoms with Crippen LogP contribution in [-0.4, -0.2) is 38.7 Å². The molecule has 0 radical (unpaired) electrons. The Balaban J connectivity index is 1.72. The minimum atomic E-state index is -0.640. The predicted molar refractivity (Wildman–Crippen MR) is 92.7 cm³/mol. The van der Waals surface area contributed by atoms with E-state index in [1.807, 2.05) is 6.07 Å². The molecule has 0 unspecified atom stereocenters. The Morgan fingerprint density at radius 2 is 1.92 bits per heavy atom. The molecule has 2 aromatic carbocycles. The lowest BCUT2D eigenvalue weighted by Gasteiger charge is -2.21. The van der Waals surface area contributed by atoms with Crippen LogP contribution in [0.1, 0.15) is 20.7 Å². The number of methoxy groups -OCH3 is 1. The number of hydrogen-bond donors (Lipinski definition) is 0. The Kier molecular flexibility index (Phi) is 5.23. The summed E-state index contributed by atoms with van der Waals surface area (Å²) in [5, 5.41) is 0. The number of fused-ring (bicyclic) bond motifs is 1. The predicted octanol–water partition coefficient (Wildman–Crippen LogP) is 3.27. The Morgan fingerprint density at radius 1 is 1.12 bits per heavy atom. The van der Waals surface area contributed by atoms with Crippen LogP contribution in [0.4, 0.5) is 0 Å². The van der Waals surface area contributed by atoms with Crippen molar-refractivity contribution in [3.63, 3.8) is 0 Å². The number of ketones is 1. The molecule has 0 bridgehead atoms. The molecule has 6 nitrogen and oxygen atoms in total. The average Bonchev–Trinajstić information content (AvgIpc) is 2.64. The first-order chi connectivity index (χ1) is 12.1. The van der Waals surface area contributed by atoms with Gasteiger partial charge in [-0.15, -0.1) is 0 Å². The van der Waals surface area contributed by atoms with Crippen LogP contribution >= 0.6 is 15.9 Å². The van der Waals surface area contributed by atoms with Gasteiger partial charge in [0.15, 0.2) is 23.9 Å². The summed E-state index contributed by atoms with van der Waals surface area (Å²) in [5.41, 5.74) is 0.685. The first kappa shape index (κ1) is 17.3. The monoisotopic (exact) mass is 406 g/mol. The first-order valence-electron chi connectivity index (χ1n) is 7.52. The Hall–Kier alpha value is -2.54. The maximum absolute atomic E-state index is 12.3. The topological polar surface area (TPSA) is 71.1 Å². The van der Waals surface area contributed by atoms with Crippen molar-refractivity contribution in [3.8, 4) is 17.2 Å². The molecule has 1 aliphatic rings. The van der Waals surface area contributed by atoms with E-state index in [-0.39, 0.29) is 18.0 Å². The molecule has 0 aliphatic carbocycles. The molecule has 2 aromatic rings. The van der Waals surface area contributed by atoms with Crippen LogP contribution in [0, 0.1) is 0 Å². The van der Waals surface area contributed by atoms with E-state index < -0.39 is 5.97 Å². The number of hydrogen-bond acceptors (Lipinski definition) is 6. The smallest absolute Gasteiger partial charge is 0.338 e. The van der Waals surface area contributed by atoms with Crippen molar-refractivity contribution < 1.29 is 28.5 Å². The third-order valence-corrected chi connectivity index (χ3v) is 4.04. The van der Waals surface area contributed by atoms with Crippen molar-refractivity contribution in [3.05, 3.63) is 52.0 Å². The van der Waals surface area contributed by atoms with Gasteiger partial charge in [-0.05, 0) is 24.3 Å². The van der Waals surface area contributed by atoms with Gasteiger partial charge in [-0.2, -0.15) is 0 Å². The number of benzene rings is 2. The Labute approximate surface area is 152 Å². The van der Waals surface area contributed by atoms with Crippen molar-refractivity contribution in [2.24, 2.45) is 0 Å².